The van der Waals surface area contributed by atoms with Crippen LogP contribution in [0.1, 0.15) is 24.8 Å². The predicted molar refractivity (Wildman–Crippen MR) is 117 cm³/mol. The topological polar surface area (TPSA) is 51.4 Å². The molecule has 1 fully saturated rings. The van der Waals surface area contributed by atoms with Crippen molar-refractivity contribution >= 4 is 24.2 Å². The standard InChI is InChI=1S/C22H27ClF2N4O/c1-26-27-21(14-17(15-24)16-25)29-10-6-20(7-11-29)28-12-8-22(30,9-13-28)18-2-4-19(23)5-3-18/h2-7,10,17,30H,1,8-9,11-16H2/b27-21-. The Bertz CT molecular complexity index is 813. The molecule has 0 radical (unpaired) electrons. The highest BCUT2D eigenvalue weighted by molar-refractivity contribution is 6.30. The van der Waals surface area contributed by atoms with Gasteiger partial charge < -0.3 is 14.9 Å². The molecule has 3 rings (SSSR count). The van der Waals surface area contributed by atoms with Crippen molar-refractivity contribution in [2.45, 2.75) is 24.9 Å². The Morgan fingerprint density at radius 2 is 1.87 bits per heavy atom. The van der Waals surface area contributed by atoms with Crippen molar-refractivity contribution in [2.75, 3.05) is 33.0 Å². The highest BCUT2D eigenvalue weighted by Crippen LogP contribution is 2.35. The van der Waals surface area contributed by atoms with Gasteiger partial charge in [-0.25, -0.2) is 0 Å². The zero-order valence-electron chi connectivity index (χ0n) is 16.9. The minimum absolute atomic E-state index is 0.164. The Labute approximate surface area is 181 Å². The van der Waals surface area contributed by atoms with Crippen LogP contribution in [0.4, 0.5) is 8.78 Å². The second kappa shape index (κ2) is 10.2. The maximum atomic E-state index is 12.9. The number of hydrogen-bond acceptors (Lipinski definition) is 4. The molecular weight excluding hydrogens is 410 g/mol. The number of likely N-dealkylation sites (tertiary alicyclic amines) is 1. The number of piperidine rings is 1. The lowest BCUT2D eigenvalue weighted by atomic mass is 9.84. The number of alkyl halides is 2. The zero-order chi connectivity index (χ0) is 21.6. The number of halogens is 3. The average molecular weight is 437 g/mol. The average Bonchev–Trinajstić information content (AvgIpc) is 2.78. The fourth-order valence-corrected chi connectivity index (χ4v) is 3.93. The van der Waals surface area contributed by atoms with Gasteiger partial charge in [-0.3, -0.25) is 8.78 Å². The van der Waals surface area contributed by atoms with Crippen LogP contribution in [-0.2, 0) is 5.60 Å². The molecule has 0 aromatic heterocycles. The summed E-state index contributed by atoms with van der Waals surface area (Å²) in [6.07, 6.45) is 7.25. The molecule has 162 valence electrons. The quantitative estimate of drug-likeness (QED) is 0.394. The second-order valence-electron chi connectivity index (χ2n) is 7.66. The van der Waals surface area contributed by atoms with Crippen LogP contribution in [0.25, 0.3) is 0 Å². The van der Waals surface area contributed by atoms with Gasteiger partial charge in [-0.2, -0.15) is 5.10 Å². The summed E-state index contributed by atoms with van der Waals surface area (Å²) in [4.78, 5) is 4.05. The van der Waals surface area contributed by atoms with Gasteiger partial charge in [0.05, 0.1) is 19.0 Å². The van der Waals surface area contributed by atoms with Crippen molar-refractivity contribution in [3.8, 4) is 0 Å². The fraction of sp³-hybridized carbons (Fsp3) is 0.455. The molecule has 1 N–H and O–H groups in total. The van der Waals surface area contributed by atoms with Crippen molar-refractivity contribution in [1.82, 2.24) is 9.80 Å². The van der Waals surface area contributed by atoms with Gasteiger partial charge in [0.25, 0.3) is 0 Å². The Hall–Kier alpha value is -2.25. The molecule has 1 aromatic carbocycles. The number of allylic oxidation sites excluding steroid dienone is 1. The maximum absolute atomic E-state index is 12.9. The first kappa shape index (κ1) is 22.4. The Kier molecular flexibility index (Phi) is 7.61. The van der Waals surface area contributed by atoms with Crippen molar-refractivity contribution in [3.63, 3.8) is 0 Å². The van der Waals surface area contributed by atoms with E-state index >= 15 is 0 Å². The third-order valence-corrected chi connectivity index (χ3v) is 5.94. The van der Waals surface area contributed by atoms with Crippen LogP contribution in [0, 0.1) is 5.92 Å². The Morgan fingerprint density at radius 1 is 1.20 bits per heavy atom. The van der Waals surface area contributed by atoms with Crippen LogP contribution >= 0.6 is 11.6 Å². The molecule has 0 aliphatic carbocycles. The minimum atomic E-state index is -0.852. The van der Waals surface area contributed by atoms with Crippen LogP contribution in [0.3, 0.4) is 0 Å². The summed E-state index contributed by atoms with van der Waals surface area (Å²) >= 11 is 5.95. The van der Waals surface area contributed by atoms with Gasteiger partial charge in [-0.05, 0) is 42.7 Å². The van der Waals surface area contributed by atoms with E-state index in [0.717, 1.165) is 24.4 Å². The van der Waals surface area contributed by atoms with Crippen molar-refractivity contribution < 1.29 is 13.9 Å². The number of benzene rings is 1. The fourth-order valence-electron chi connectivity index (χ4n) is 3.80. The SMILES string of the molecule is C=N/N=C(/CC(CF)CF)N1C=CC(N2CCC(O)(c3ccc(Cl)cc3)CC2)=CC1. The van der Waals surface area contributed by atoms with Crippen molar-refractivity contribution in [2.24, 2.45) is 16.1 Å². The van der Waals surface area contributed by atoms with E-state index in [2.05, 4.69) is 21.8 Å². The molecule has 30 heavy (non-hydrogen) atoms. The molecule has 8 heteroatoms. The monoisotopic (exact) mass is 436 g/mol. The van der Waals surface area contributed by atoms with Crippen LogP contribution in [0.5, 0.6) is 0 Å². The van der Waals surface area contributed by atoms with Gasteiger partial charge in [0, 0.05) is 55.6 Å². The van der Waals surface area contributed by atoms with E-state index in [1.54, 1.807) is 12.1 Å². The molecule has 2 aliphatic heterocycles. The van der Waals surface area contributed by atoms with Crippen LogP contribution in [0.2, 0.25) is 5.02 Å². The molecule has 2 aliphatic rings. The van der Waals surface area contributed by atoms with E-state index in [9.17, 15) is 13.9 Å². The lowest BCUT2D eigenvalue weighted by molar-refractivity contribution is -0.0180. The molecule has 5 nitrogen and oxygen atoms in total. The highest BCUT2D eigenvalue weighted by Gasteiger charge is 2.34. The van der Waals surface area contributed by atoms with Crippen LogP contribution in [0.15, 0.2) is 58.5 Å². The van der Waals surface area contributed by atoms with Crippen molar-refractivity contribution in [3.05, 3.63) is 58.9 Å². The Balaban J connectivity index is 1.60. The van der Waals surface area contributed by atoms with E-state index in [4.69, 9.17) is 11.6 Å². The summed E-state index contributed by atoms with van der Waals surface area (Å²) in [5.74, 6) is -0.232. The molecule has 2 heterocycles. The van der Waals surface area contributed by atoms with E-state index < -0.39 is 24.9 Å². The molecule has 0 unspecified atom stereocenters. The lowest BCUT2D eigenvalue weighted by Gasteiger charge is -2.41. The molecule has 1 saturated heterocycles. The van der Waals surface area contributed by atoms with Gasteiger partial charge in [0.1, 0.15) is 5.84 Å². The third-order valence-electron chi connectivity index (χ3n) is 5.69. The number of rotatable bonds is 7. The van der Waals surface area contributed by atoms with Gasteiger partial charge in [-0.1, -0.05) is 23.7 Å². The molecule has 0 atom stereocenters. The van der Waals surface area contributed by atoms with E-state index in [-0.39, 0.29) is 6.42 Å². The third kappa shape index (κ3) is 5.26. The molecular formula is C22H27ClF2N4O. The molecule has 0 spiro atoms. The number of nitrogens with zero attached hydrogens (tertiary/aromatic N) is 4. The summed E-state index contributed by atoms with van der Waals surface area (Å²) < 4.78 is 25.8. The minimum Gasteiger partial charge on any atom is -0.385 e. The lowest BCUT2D eigenvalue weighted by Crippen LogP contribution is -2.42. The molecule has 0 bridgehead atoms. The smallest absolute Gasteiger partial charge is 0.132 e. The first-order valence-electron chi connectivity index (χ1n) is 10.0. The van der Waals surface area contributed by atoms with E-state index in [0.29, 0.717) is 30.2 Å². The first-order valence-corrected chi connectivity index (χ1v) is 10.4. The van der Waals surface area contributed by atoms with Gasteiger partial charge in [0.15, 0.2) is 0 Å². The summed E-state index contributed by atoms with van der Waals surface area (Å²) in [6.45, 7) is 3.84. The zero-order valence-corrected chi connectivity index (χ0v) is 17.6. The number of aliphatic hydroxyl groups is 1. The van der Waals surface area contributed by atoms with E-state index in [1.165, 1.54) is 0 Å². The summed E-state index contributed by atoms with van der Waals surface area (Å²) in [5, 5.41) is 19.2. The predicted octanol–water partition coefficient (Wildman–Crippen LogP) is 4.30. The number of amidine groups is 1. The van der Waals surface area contributed by atoms with Gasteiger partial charge >= 0.3 is 0 Å². The molecule has 1 aromatic rings. The summed E-state index contributed by atoms with van der Waals surface area (Å²) in [7, 11) is 0. The van der Waals surface area contributed by atoms with Gasteiger partial charge in [0.2, 0.25) is 0 Å². The summed E-state index contributed by atoms with van der Waals surface area (Å²) in [6, 6.07) is 7.37. The highest BCUT2D eigenvalue weighted by atomic mass is 35.5. The van der Waals surface area contributed by atoms with Crippen LogP contribution in [-0.4, -0.2) is 60.4 Å². The molecule has 0 amide bonds. The Morgan fingerprint density at radius 3 is 2.40 bits per heavy atom. The number of hydrogen-bond donors (Lipinski definition) is 1. The normalized spacial score (nSPS) is 19.2. The van der Waals surface area contributed by atoms with Crippen molar-refractivity contribution in [1.29, 1.82) is 0 Å². The largest absolute Gasteiger partial charge is 0.385 e. The molecule has 0 saturated carbocycles. The van der Waals surface area contributed by atoms with E-state index in [1.807, 2.05) is 35.4 Å². The maximum Gasteiger partial charge on any atom is 0.132 e. The summed E-state index contributed by atoms with van der Waals surface area (Å²) in [5.41, 5.74) is 1.09. The van der Waals surface area contributed by atoms with Gasteiger partial charge in [-0.15, -0.1) is 5.10 Å². The van der Waals surface area contributed by atoms with Crippen LogP contribution < -0.4 is 0 Å². The first-order chi connectivity index (χ1) is 14.5. The second-order valence-corrected chi connectivity index (χ2v) is 8.10.